The van der Waals surface area contributed by atoms with Crippen LogP contribution in [0.2, 0.25) is 0 Å². The van der Waals surface area contributed by atoms with E-state index in [1.165, 1.54) is 30.6 Å². The van der Waals surface area contributed by atoms with E-state index in [0.29, 0.717) is 12.0 Å². The van der Waals surface area contributed by atoms with Crippen molar-refractivity contribution < 1.29 is 0 Å². The second-order valence-electron chi connectivity index (χ2n) is 4.74. The Morgan fingerprint density at radius 2 is 2.27 bits per heavy atom. The molecule has 0 aromatic carbocycles. The summed E-state index contributed by atoms with van der Waals surface area (Å²) >= 11 is 0. The number of likely N-dealkylation sites (tertiary alicyclic amines) is 1. The van der Waals surface area contributed by atoms with Crippen LogP contribution in [0, 0.1) is 6.92 Å². The maximum absolute atomic E-state index is 4.53. The van der Waals surface area contributed by atoms with Crippen LogP contribution in [-0.4, -0.2) is 29.5 Å². The molecule has 2 heterocycles. The van der Waals surface area contributed by atoms with Crippen LogP contribution >= 0.6 is 0 Å². The first-order valence-corrected chi connectivity index (χ1v) is 5.81. The number of likely N-dealkylation sites (N-methyl/N-ethyl adjacent to an activating group) is 1. The Bertz CT molecular complexity index is 318. The molecule has 15 heavy (non-hydrogen) atoms. The zero-order valence-electron chi connectivity index (χ0n) is 9.90. The number of rotatable bonds is 2. The highest BCUT2D eigenvalue weighted by Crippen LogP contribution is 2.28. The normalized spacial score (nSPS) is 24.3. The van der Waals surface area contributed by atoms with E-state index in [2.05, 4.69) is 42.9 Å². The predicted octanol–water partition coefficient (Wildman–Crippen LogP) is 2.59. The van der Waals surface area contributed by atoms with Gasteiger partial charge >= 0.3 is 0 Å². The Labute approximate surface area is 92.3 Å². The van der Waals surface area contributed by atoms with Gasteiger partial charge in [-0.3, -0.25) is 4.98 Å². The molecule has 1 saturated heterocycles. The lowest BCUT2D eigenvalue weighted by atomic mass is 9.95. The molecule has 0 spiro atoms. The van der Waals surface area contributed by atoms with Gasteiger partial charge in [-0.25, -0.2) is 0 Å². The van der Waals surface area contributed by atoms with Crippen molar-refractivity contribution in [3.8, 4) is 0 Å². The zero-order chi connectivity index (χ0) is 10.8. The van der Waals surface area contributed by atoms with Gasteiger partial charge in [-0.15, -0.1) is 0 Å². The van der Waals surface area contributed by atoms with Crippen molar-refractivity contribution >= 4 is 0 Å². The summed E-state index contributed by atoms with van der Waals surface area (Å²) < 4.78 is 0. The van der Waals surface area contributed by atoms with Crippen molar-refractivity contribution in [2.75, 3.05) is 13.6 Å². The average Bonchev–Trinajstić information content (AvgIpc) is 2.65. The van der Waals surface area contributed by atoms with Crippen LogP contribution in [0.1, 0.15) is 36.9 Å². The molecule has 2 heteroatoms. The van der Waals surface area contributed by atoms with Gasteiger partial charge in [0.1, 0.15) is 0 Å². The van der Waals surface area contributed by atoms with Crippen LogP contribution in [0.3, 0.4) is 0 Å². The van der Waals surface area contributed by atoms with E-state index in [4.69, 9.17) is 0 Å². The monoisotopic (exact) mass is 204 g/mol. The lowest BCUT2D eigenvalue weighted by Crippen LogP contribution is -2.30. The summed E-state index contributed by atoms with van der Waals surface area (Å²) in [4.78, 5) is 7.00. The molecule has 0 amide bonds. The van der Waals surface area contributed by atoms with Gasteiger partial charge < -0.3 is 4.90 Å². The van der Waals surface area contributed by atoms with Crippen LogP contribution in [-0.2, 0) is 0 Å². The van der Waals surface area contributed by atoms with Crippen molar-refractivity contribution in [1.29, 1.82) is 0 Å². The van der Waals surface area contributed by atoms with Crippen LogP contribution in [0.4, 0.5) is 0 Å². The zero-order valence-corrected chi connectivity index (χ0v) is 9.90. The molecule has 1 aliphatic rings. The fourth-order valence-electron chi connectivity index (χ4n) is 2.51. The highest BCUT2D eigenvalue weighted by Gasteiger charge is 2.27. The Kier molecular flexibility index (Phi) is 3.06. The highest BCUT2D eigenvalue weighted by molar-refractivity contribution is 5.16. The molecule has 0 radical (unpaired) electrons. The van der Waals surface area contributed by atoms with Gasteiger partial charge in [-0.1, -0.05) is 13.0 Å². The van der Waals surface area contributed by atoms with Gasteiger partial charge in [0.25, 0.3) is 0 Å². The number of aryl methyl sites for hydroxylation is 1. The summed E-state index contributed by atoms with van der Waals surface area (Å²) in [5, 5.41) is 0. The third kappa shape index (κ3) is 2.20. The van der Waals surface area contributed by atoms with Crippen molar-refractivity contribution in [1.82, 2.24) is 9.88 Å². The van der Waals surface area contributed by atoms with E-state index >= 15 is 0 Å². The molecule has 0 aliphatic carbocycles. The van der Waals surface area contributed by atoms with E-state index in [9.17, 15) is 0 Å². The maximum Gasteiger partial charge on any atom is 0.0447 e. The Morgan fingerprint density at radius 1 is 1.47 bits per heavy atom. The van der Waals surface area contributed by atoms with Gasteiger partial charge in [0.05, 0.1) is 0 Å². The molecule has 0 N–H and O–H groups in total. The predicted molar refractivity (Wildman–Crippen MR) is 63.0 cm³/mol. The van der Waals surface area contributed by atoms with E-state index in [1.54, 1.807) is 0 Å². The van der Waals surface area contributed by atoms with Gasteiger partial charge in [-0.2, -0.15) is 0 Å². The smallest absolute Gasteiger partial charge is 0.0447 e. The summed E-state index contributed by atoms with van der Waals surface area (Å²) in [6.45, 7) is 5.62. The van der Waals surface area contributed by atoms with Crippen LogP contribution in [0.25, 0.3) is 0 Å². The molecule has 2 rings (SSSR count). The minimum absolute atomic E-state index is 0.554. The molecule has 0 bridgehead atoms. The minimum atomic E-state index is 0.554. The first-order valence-electron chi connectivity index (χ1n) is 5.81. The Balaban J connectivity index is 2.13. The van der Waals surface area contributed by atoms with Gasteiger partial charge in [0, 0.05) is 23.9 Å². The van der Waals surface area contributed by atoms with Crippen LogP contribution < -0.4 is 0 Å². The molecule has 1 fully saturated rings. The van der Waals surface area contributed by atoms with Crippen molar-refractivity contribution in [3.05, 3.63) is 29.6 Å². The second kappa shape index (κ2) is 4.31. The molecule has 2 unspecified atom stereocenters. The fourth-order valence-corrected chi connectivity index (χ4v) is 2.51. The summed E-state index contributed by atoms with van der Waals surface area (Å²) in [6, 6.07) is 5.01. The van der Waals surface area contributed by atoms with E-state index in [0.717, 1.165) is 0 Å². The third-order valence-corrected chi connectivity index (χ3v) is 3.55. The fraction of sp³-hybridized carbons (Fsp3) is 0.615. The summed E-state index contributed by atoms with van der Waals surface area (Å²) in [5.41, 5.74) is 2.48. The quantitative estimate of drug-likeness (QED) is 0.736. The molecule has 2 atom stereocenters. The lowest BCUT2D eigenvalue weighted by Gasteiger charge is -2.25. The molecular formula is C13H20N2. The van der Waals surface area contributed by atoms with Gasteiger partial charge in [-0.05, 0) is 45.0 Å². The summed E-state index contributed by atoms with van der Waals surface area (Å²) in [5.74, 6) is 0.554. The first-order chi connectivity index (χ1) is 7.18. The van der Waals surface area contributed by atoms with Crippen molar-refractivity contribution in [3.63, 3.8) is 0 Å². The standard InChI is InChI=1S/C13H20N2/c1-10-6-7-12(14-9-10)11(2)13-5-4-8-15(13)3/h6-7,9,11,13H,4-5,8H2,1-3H3. The highest BCUT2D eigenvalue weighted by atomic mass is 15.1. The summed E-state index contributed by atoms with van der Waals surface area (Å²) in [7, 11) is 2.22. The first kappa shape index (κ1) is 10.6. The molecule has 1 aromatic heterocycles. The summed E-state index contributed by atoms with van der Waals surface area (Å²) in [6.07, 6.45) is 4.62. The molecule has 1 aliphatic heterocycles. The molecule has 2 nitrogen and oxygen atoms in total. The number of hydrogen-bond donors (Lipinski definition) is 0. The van der Waals surface area contributed by atoms with Gasteiger partial charge in [0.15, 0.2) is 0 Å². The van der Waals surface area contributed by atoms with Crippen LogP contribution in [0.15, 0.2) is 18.3 Å². The van der Waals surface area contributed by atoms with E-state index < -0.39 is 0 Å². The minimum Gasteiger partial charge on any atom is -0.303 e. The molecule has 82 valence electrons. The number of hydrogen-bond acceptors (Lipinski definition) is 2. The van der Waals surface area contributed by atoms with Gasteiger partial charge in [0.2, 0.25) is 0 Å². The Morgan fingerprint density at radius 3 is 2.80 bits per heavy atom. The topological polar surface area (TPSA) is 16.1 Å². The van der Waals surface area contributed by atoms with E-state index in [1.807, 2.05) is 6.20 Å². The third-order valence-electron chi connectivity index (χ3n) is 3.55. The SMILES string of the molecule is Cc1ccc(C(C)C2CCCN2C)nc1. The average molecular weight is 204 g/mol. The number of pyridine rings is 1. The second-order valence-corrected chi connectivity index (χ2v) is 4.74. The molecule has 1 aromatic rings. The van der Waals surface area contributed by atoms with Crippen molar-refractivity contribution in [2.45, 2.75) is 38.6 Å². The van der Waals surface area contributed by atoms with E-state index in [-0.39, 0.29) is 0 Å². The largest absolute Gasteiger partial charge is 0.303 e. The Hall–Kier alpha value is -0.890. The number of nitrogens with zero attached hydrogens (tertiary/aromatic N) is 2. The molecular weight excluding hydrogens is 184 g/mol. The lowest BCUT2D eigenvalue weighted by molar-refractivity contribution is 0.276. The molecule has 0 saturated carbocycles. The van der Waals surface area contributed by atoms with Crippen molar-refractivity contribution in [2.24, 2.45) is 0 Å². The van der Waals surface area contributed by atoms with Crippen LogP contribution in [0.5, 0.6) is 0 Å². The number of aromatic nitrogens is 1. The maximum atomic E-state index is 4.53.